The third kappa shape index (κ3) is 7.11. The van der Waals surface area contributed by atoms with Crippen molar-refractivity contribution in [3.63, 3.8) is 0 Å². The minimum Gasteiger partial charge on any atom is -0.479 e. The summed E-state index contributed by atoms with van der Waals surface area (Å²) < 4.78 is 6.34. The number of nitrogens with zero attached hydrogens (tertiary/aromatic N) is 5. The van der Waals surface area contributed by atoms with Gasteiger partial charge in [0.25, 0.3) is 0 Å². The number of fused-ring (bicyclic) bond motifs is 2. The van der Waals surface area contributed by atoms with Gasteiger partial charge in [0.1, 0.15) is 23.2 Å². The van der Waals surface area contributed by atoms with Crippen molar-refractivity contribution in [1.29, 1.82) is 0 Å². The van der Waals surface area contributed by atoms with Gasteiger partial charge in [0, 0.05) is 28.9 Å². The second-order valence-corrected chi connectivity index (χ2v) is 13.6. The Hall–Kier alpha value is -3.81. The molecule has 1 aliphatic carbocycles. The molecule has 44 heavy (non-hydrogen) atoms. The number of hydrogen-bond acceptors (Lipinski definition) is 8. The Morgan fingerprint density at radius 3 is 2.61 bits per heavy atom. The number of ether oxygens (including phenoxy) is 1. The number of tetrazole rings is 1. The van der Waals surface area contributed by atoms with Crippen molar-refractivity contribution in [2.75, 3.05) is 6.54 Å². The highest BCUT2D eigenvalue weighted by molar-refractivity contribution is 9.10. The van der Waals surface area contributed by atoms with E-state index in [1.165, 1.54) is 9.70 Å². The number of alkyl carbamates (subject to hydrolysis) is 1. The quantitative estimate of drug-likeness (QED) is 0.411. The first-order valence-electron chi connectivity index (χ1n) is 14.9. The fraction of sp³-hybridized carbons (Fsp3) is 0.567. The molecule has 5 rings (SSSR count). The van der Waals surface area contributed by atoms with E-state index in [4.69, 9.17) is 4.74 Å². The second-order valence-electron chi connectivity index (χ2n) is 12.7. The second kappa shape index (κ2) is 12.7. The molecule has 1 saturated heterocycles. The van der Waals surface area contributed by atoms with Gasteiger partial charge >= 0.3 is 12.1 Å². The van der Waals surface area contributed by atoms with Crippen LogP contribution in [-0.2, 0) is 19.1 Å². The minimum absolute atomic E-state index is 0.0724. The smallest absolute Gasteiger partial charge is 0.408 e. The number of carbonyl (C=O) groups excluding carboxylic acids is 3. The van der Waals surface area contributed by atoms with Crippen molar-refractivity contribution < 1.29 is 29.0 Å². The lowest BCUT2D eigenvalue weighted by molar-refractivity contribution is -0.145. The molecule has 1 aromatic heterocycles. The van der Waals surface area contributed by atoms with Crippen molar-refractivity contribution >= 4 is 39.8 Å². The molecule has 236 valence electrons. The number of amides is 3. The van der Waals surface area contributed by atoms with Gasteiger partial charge in [-0.05, 0) is 75.9 Å². The maximum Gasteiger partial charge on any atom is 0.408 e. The average Bonchev–Trinajstić information content (AvgIpc) is 3.26. The van der Waals surface area contributed by atoms with Crippen LogP contribution in [0.5, 0.6) is 0 Å². The molecule has 2 aliphatic heterocycles. The van der Waals surface area contributed by atoms with Gasteiger partial charge in [-0.1, -0.05) is 40.9 Å². The van der Waals surface area contributed by atoms with Crippen LogP contribution in [0.1, 0.15) is 71.8 Å². The van der Waals surface area contributed by atoms with Gasteiger partial charge in [0.05, 0.1) is 6.04 Å². The minimum atomic E-state index is -1.42. The van der Waals surface area contributed by atoms with E-state index in [0.717, 1.165) is 29.3 Å². The van der Waals surface area contributed by atoms with Gasteiger partial charge in [-0.15, -0.1) is 10.2 Å². The summed E-state index contributed by atoms with van der Waals surface area (Å²) in [5.74, 6) is -2.07. The number of benzene rings is 1. The predicted molar refractivity (Wildman–Crippen MR) is 162 cm³/mol. The highest BCUT2D eigenvalue weighted by atomic mass is 79.9. The van der Waals surface area contributed by atoms with E-state index in [9.17, 15) is 24.3 Å². The monoisotopic (exact) mass is 671 g/mol. The van der Waals surface area contributed by atoms with Crippen molar-refractivity contribution in [3.05, 3.63) is 40.9 Å². The Bertz CT molecular complexity index is 1440. The van der Waals surface area contributed by atoms with Crippen LogP contribution in [0.3, 0.4) is 0 Å². The number of aliphatic carboxylic acids is 1. The Balaban J connectivity index is 1.44. The van der Waals surface area contributed by atoms with Crippen LogP contribution in [-0.4, -0.2) is 83.9 Å². The third-order valence-electron chi connectivity index (χ3n) is 8.19. The zero-order valence-corrected chi connectivity index (χ0v) is 26.6. The molecule has 2 fully saturated rings. The molecule has 0 unspecified atom stereocenters. The molecule has 0 spiro atoms. The number of rotatable bonds is 4. The Labute approximate surface area is 263 Å². The first-order chi connectivity index (χ1) is 20.9. The molecule has 5 atom stereocenters. The van der Waals surface area contributed by atoms with Crippen LogP contribution in [0.15, 0.2) is 40.9 Å². The number of nitrogens with one attached hydrogen (secondary N) is 2. The van der Waals surface area contributed by atoms with E-state index >= 15 is 0 Å². The van der Waals surface area contributed by atoms with Gasteiger partial charge in [0.2, 0.25) is 17.6 Å². The summed E-state index contributed by atoms with van der Waals surface area (Å²) in [7, 11) is 0. The van der Waals surface area contributed by atoms with Crippen LogP contribution >= 0.6 is 15.9 Å². The fourth-order valence-corrected chi connectivity index (χ4v) is 6.05. The zero-order valence-electron chi connectivity index (χ0n) is 25.0. The lowest BCUT2D eigenvalue weighted by Crippen LogP contribution is -2.56. The molecular formula is C30H38BrN7O6. The number of halogens is 1. The molecule has 13 nitrogen and oxygen atoms in total. The van der Waals surface area contributed by atoms with E-state index < -0.39 is 53.1 Å². The van der Waals surface area contributed by atoms with Gasteiger partial charge in [-0.3, -0.25) is 9.59 Å². The zero-order chi connectivity index (χ0) is 31.6. The van der Waals surface area contributed by atoms with Crippen LogP contribution in [0.25, 0.3) is 11.4 Å². The topological polar surface area (TPSA) is 169 Å². The maximum absolute atomic E-state index is 14.1. The molecule has 14 heteroatoms. The number of hydrogen-bond donors (Lipinski definition) is 3. The summed E-state index contributed by atoms with van der Waals surface area (Å²) >= 11 is 3.41. The predicted octanol–water partition coefficient (Wildman–Crippen LogP) is 3.62. The van der Waals surface area contributed by atoms with Crippen molar-refractivity contribution in [1.82, 2.24) is 35.7 Å². The van der Waals surface area contributed by atoms with Crippen molar-refractivity contribution in [2.24, 2.45) is 5.92 Å². The van der Waals surface area contributed by atoms with E-state index in [-0.39, 0.29) is 25.3 Å². The van der Waals surface area contributed by atoms with Gasteiger partial charge in [0.15, 0.2) is 0 Å². The van der Waals surface area contributed by atoms with Gasteiger partial charge in [-0.2, -0.15) is 4.80 Å². The SMILES string of the molecule is CC(C)(C)OC(=O)N[C@H]1CCCCC/C=C\[C@H]2C[C@@]2(C(=O)O)NC(=O)[C@@H]2C[C@@H](n3nnc(-c4ccc(Br)cc4)n3)CN2C1=O. The molecule has 1 saturated carbocycles. The van der Waals surface area contributed by atoms with Crippen LogP contribution in [0, 0.1) is 5.92 Å². The van der Waals surface area contributed by atoms with E-state index in [1.807, 2.05) is 36.4 Å². The number of aromatic nitrogens is 4. The average molecular weight is 673 g/mol. The van der Waals surface area contributed by atoms with Crippen molar-refractivity contribution in [2.45, 2.75) is 95.0 Å². The Morgan fingerprint density at radius 1 is 1.16 bits per heavy atom. The van der Waals surface area contributed by atoms with Crippen LogP contribution < -0.4 is 10.6 Å². The molecule has 1 aromatic carbocycles. The summed E-state index contributed by atoms with van der Waals surface area (Å²) in [5, 5.41) is 28.5. The molecule has 2 aromatic rings. The van der Waals surface area contributed by atoms with Gasteiger partial charge < -0.3 is 25.4 Å². The fourth-order valence-electron chi connectivity index (χ4n) is 5.79. The molecule has 3 aliphatic rings. The van der Waals surface area contributed by atoms with E-state index in [2.05, 4.69) is 42.0 Å². The largest absolute Gasteiger partial charge is 0.479 e. The number of carboxylic acid groups (broad SMARTS) is 1. The summed E-state index contributed by atoms with van der Waals surface area (Å²) in [6, 6.07) is 4.96. The lowest BCUT2D eigenvalue weighted by atomic mass is 10.0. The lowest BCUT2D eigenvalue weighted by Gasteiger charge is -2.30. The van der Waals surface area contributed by atoms with Crippen LogP contribution in [0.2, 0.25) is 0 Å². The molecule has 0 bridgehead atoms. The first-order valence-corrected chi connectivity index (χ1v) is 15.7. The maximum atomic E-state index is 14.1. The first kappa shape index (κ1) is 31.6. The molecular weight excluding hydrogens is 634 g/mol. The Morgan fingerprint density at radius 2 is 1.91 bits per heavy atom. The summed E-state index contributed by atoms with van der Waals surface area (Å²) in [4.78, 5) is 55.8. The summed E-state index contributed by atoms with van der Waals surface area (Å²) in [5.41, 5.74) is -1.44. The number of allylic oxidation sites excluding steroid dienone is 1. The number of carbonyl (C=O) groups is 4. The molecule has 3 amide bonds. The summed E-state index contributed by atoms with van der Waals surface area (Å²) in [6.45, 7) is 5.28. The standard InChI is InChI=1S/C30H38BrN7O6/c1-29(2,3)44-28(43)32-22-10-8-6-4-5-7-9-19-16-30(19,27(41)42)33-25(39)23-15-21(17-37(23)26(22)40)38-35-24(34-36-38)18-11-13-20(31)14-12-18/h7,9,11-14,19,21-23H,4-6,8,10,15-17H2,1-3H3,(H,32,43)(H,33,39)(H,41,42)/b9-7-/t19-,21+,22-,23-,30+/m0/s1. The van der Waals surface area contributed by atoms with E-state index in [0.29, 0.717) is 18.7 Å². The highest BCUT2D eigenvalue weighted by Gasteiger charge is 2.61. The number of carboxylic acids is 1. The molecule has 3 heterocycles. The third-order valence-corrected chi connectivity index (χ3v) is 8.71. The van der Waals surface area contributed by atoms with Gasteiger partial charge in [-0.25, -0.2) is 9.59 Å². The molecule has 0 radical (unpaired) electrons. The van der Waals surface area contributed by atoms with E-state index in [1.54, 1.807) is 20.8 Å². The molecule has 3 N–H and O–H groups in total. The normalized spacial score (nSPS) is 28.5. The summed E-state index contributed by atoms with van der Waals surface area (Å²) in [6.07, 6.45) is 6.94. The highest BCUT2D eigenvalue weighted by Crippen LogP contribution is 2.45. The Kier molecular flexibility index (Phi) is 9.10. The van der Waals surface area contributed by atoms with Crippen molar-refractivity contribution in [3.8, 4) is 11.4 Å². The van der Waals surface area contributed by atoms with Crippen LogP contribution in [0.4, 0.5) is 4.79 Å².